The van der Waals surface area contributed by atoms with Crippen molar-refractivity contribution in [3.63, 3.8) is 0 Å². The number of morpholine rings is 1. The molecule has 2 fully saturated rings. The van der Waals surface area contributed by atoms with Crippen molar-refractivity contribution in [1.29, 1.82) is 0 Å². The number of carbonyl (C=O) groups is 1. The predicted octanol–water partition coefficient (Wildman–Crippen LogP) is 0.0182. The van der Waals surface area contributed by atoms with E-state index in [4.69, 9.17) is 4.74 Å². The third-order valence-corrected chi connectivity index (χ3v) is 4.56. The molecule has 1 aromatic rings. The lowest BCUT2D eigenvalue weighted by atomic mass is 10.2. The van der Waals surface area contributed by atoms with E-state index in [1.165, 1.54) is 0 Å². The van der Waals surface area contributed by atoms with Crippen LogP contribution in [0.5, 0.6) is 0 Å². The fraction of sp³-hybridized carbons (Fsp3) is 0.769. The first-order valence-electron chi connectivity index (χ1n) is 7.57. The number of nitrogens with zero attached hydrogens (tertiary/aromatic N) is 5. The molecule has 3 rings (SSSR count). The van der Waals surface area contributed by atoms with Crippen LogP contribution in [-0.4, -0.2) is 95.0 Å². The minimum absolute atomic E-state index is 0.0801. The number of carbonyl (C=O) groups excluding carboxylic acids is 1. The van der Waals surface area contributed by atoms with Gasteiger partial charge in [-0.2, -0.15) is 8.75 Å². The maximum Gasteiger partial charge on any atom is 0.323 e. The van der Waals surface area contributed by atoms with Gasteiger partial charge in [0.05, 0.1) is 30.6 Å². The van der Waals surface area contributed by atoms with Crippen LogP contribution in [0.2, 0.25) is 0 Å². The number of urea groups is 1. The average Bonchev–Trinajstić information content (AvgIpc) is 3.03. The van der Waals surface area contributed by atoms with E-state index in [1.54, 1.807) is 11.1 Å². The molecule has 9 heteroatoms. The molecule has 0 spiro atoms. The number of aromatic nitrogens is 2. The van der Waals surface area contributed by atoms with E-state index in [0.29, 0.717) is 25.5 Å². The number of rotatable bonds is 3. The Morgan fingerprint density at radius 3 is 2.95 bits per heavy atom. The number of hydrogen-bond acceptors (Lipinski definition) is 7. The van der Waals surface area contributed by atoms with Crippen LogP contribution in [0.15, 0.2) is 6.20 Å². The molecule has 2 amide bonds. The zero-order chi connectivity index (χ0) is 15.4. The summed E-state index contributed by atoms with van der Waals surface area (Å²) in [6, 6.07) is -0.126. The number of amides is 2. The second kappa shape index (κ2) is 7.32. The Kier molecular flexibility index (Phi) is 5.19. The zero-order valence-electron chi connectivity index (χ0n) is 12.8. The van der Waals surface area contributed by atoms with Crippen molar-refractivity contribution in [2.24, 2.45) is 0 Å². The second-order valence-corrected chi connectivity index (χ2v) is 6.32. The van der Waals surface area contributed by atoms with Gasteiger partial charge in [-0.05, 0) is 7.05 Å². The van der Waals surface area contributed by atoms with Crippen molar-refractivity contribution in [2.45, 2.75) is 6.10 Å². The molecular weight excluding hydrogens is 304 g/mol. The van der Waals surface area contributed by atoms with Crippen molar-refractivity contribution in [3.05, 3.63) is 6.20 Å². The van der Waals surface area contributed by atoms with Gasteiger partial charge in [-0.1, -0.05) is 0 Å². The molecule has 1 aromatic heterocycles. The smallest absolute Gasteiger partial charge is 0.323 e. The lowest BCUT2D eigenvalue weighted by Crippen LogP contribution is -2.53. The van der Waals surface area contributed by atoms with Crippen LogP contribution in [0.3, 0.4) is 0 Å². The monoisotopic (exact) mass is 326 g/mol. The third-order valence-electron chi connectivity index (χ3n) is 4.08. The van der Waals surface area contributed by atoms with E-state index in [0.717, 1.165) is 44.5 Å². The van der Waals surface area contributed by atoms with Gasteiger partial charge < -0.3 is 14.5 Å². The predicted molar refractivity (Wildman–Crippen MR) is 84.2 cm³/mol. The fourth-order valence-electron chi connectivity index (χ4n) is 2.74. The highest BCUT2D eigenvalue weighted by Gasteiger charge is 2.27. The number of piperazine rings is 1. The molecule has 0 aromatic carbocycles. The molecule has 0 bridgehead atoms. The maximum absolute atomic E-state index is 12.2. The van der Waals surface area contributed by atoms with E-state index in [9.17, 15) is 4.79 Å². The van der Waals surface area contributed by atoms with Gasteiger partial charge in [0.15, 0.2) is 5.82 Å². The summed E-state index contributed by atoms with van der Waals surface area (Å²) < 4.78 is 13.7. The van der Waals surface area contributed by atoms with Gasteiger partial charge in [0.25, 0.3) is 0 Å². The summed E-state index contributed by atoms with van der Waals surface area (Å²) in [6.07, 6.45) is 1.64. The minimum Gasteiger partial charge on any atom is -0.373 e. The highest BCUT2D eigenvalue weighted by atomic mass is 32.1. The molecule has 2 saturated heterocycles. The highest BCUT2D eigenvalue weighted by molar-refractivity contribution is 6.99. The summed E-state index contributed by atoms with van der Waals surface area (Å²) in [4.78, 5) is 18.8. The number of nitrogens with one attached hydrogen (secondary N) is 1. The Labute approximate surface area is 134 Å². The quantitative estimate of drug-likeness (QED) is 0.844. The zero-order valence-corrected chi connectivity index (χ0v) is 13.6. The number of ether oxygens (including phenoxy) is 1. The average molecular weight is 326 g/mol. The van der Waals surface area contributed by atoms with Crippen LogP contribution in [0, 0.1) is 0 Å². The molecule has 2 aliphatic rings. The molecule has 3 heterocycles. The van der Waals surface area contributed by atoms with Crippen LogP contribution in [0.4, 0.5) is 10.6 Å². The van der Waals surface area contributed by atoms with Gasteiger partial charge in [0, 0.05) is 45.8 Å². The van der Waals surface area contributed by atoms with Crippen LogP contribution in [0.25, 0.3) is 0 Å². The highest BCUT2D eigenvalue weighted by Crippen LogP contribution is 2.11. The van der Waals surface area contributed by atoms with E-state index >= 15 is 0 Å². The third kappa shape index (κ3) is 4.13. The van der Waals surface area contributed by atoms with Gasteiger partial charge in [-0.25, -0.2) is 4.79 Å². The first kappa shape index (κ1) is 15.6. The number of likely N-dealkylation sites (N-methyl/N-ethyl adjacent to an activating group) is 1. The van der Waals surface area contributed by atoms with Gasteiger partial charge in [-0.15, -0.1) is 0 Å². The minimum atomic E-state index is -0.126. The van der Waals surface area contributed by atoms with E-state index in [2.05, 4.69) is 30.9 Å². The Bertz CT molecular complexity index is 477. The molecular formula is C13H22N6O2S. The summed E-state index contributed by atoms with van der Waals surface area (Å²) in [5.41, 5.74) is 0. The molecule has 0 saturated carbocycles. The van der Waals surface area contributed by atoms with Crippen LogP contribution < -0.4 is 5.32 Å². The lowest BCUT2D eigenvalue weighted by molar-refractivity contribution is -0.0338. The van der Waals surface area contributed by atoms with Gasteiger partial charge in [-0.3, -0.25) is 10.2 Å². The lowest BCUT2D eigenvalue weighted by Gasteiger charge is -2.38. The topological polar surface area (TPSA) is 73.8 Å². The standard InChI is InChI=1S/C13H22N6O2S/c1-17-2-4-18(5-3-17)9-11-10-19(6-7-21-11)13(20)15-12-8-14-22-16-12/h8,11H,2-7,9-10H2,1H3,(H,15,16,20). The maximum atomic E-state index is 12.2. The van der Waals surface area contributed by atoms with Crippen LogP contribution >= 0.6 is 11.7 Å². The molecule has 2 aliphatic heterocycles. The molecule has 1 atom stereocenters. The fourth-order valence-corrected chi connectivity index (χ4v) is 3.12. The Hall–Kier alpha value is -1.29. The molecule has 122 valence electrons. The van der Waals surface area contributed by atoms with E-state index in [1.807, 2.05) is 0 Å². The second-order valence-electron chi connectivity index (χ2n) is 5.77. The van der Waals surface area contributed by atoms with Gasteiger partial charge in [0.2, 0.25) is 0 Å². The summed E-state index contributed by atoms with van der Waals surface area (Å²) in [7, 11) is 2.15. The normalized spacial score (nSPS) is 24.4. The first-order chi connectivity index (χ1) is 10.7. The molecule has 1 unspecified atom stereocenters. The van der Waals surface area contributed by atoms with Crippen LogP contribution in [0.1, 0.15) is 0 Å². The van der Waals surface area contributed by atoms with Crippen molar-refractivity contribution in [3.8, 4) is 0 Å². The SMILES string of the molecule is CN1CCN(CC2CN(C(=O)Nc3cnsn3)CCO2)CC1. The van der Waals surface area contributed by atoms with Crippen molar-refractivity contribution < 1.29 is 9.53 Å². The van der Waals surface area contributed by atoms with Gasteiger partial charge in [0.1, 0.15) is 0 Å². The molecule has 22 heavy (non-hydrogen) atoms. The largest absolute Gasteiger partial charge is 0.373 e. The summed E-state index contributed by atoms with van der Waals surface area (Å²) in [6.45, 7) is 7.01. The van der Waals surface area contributed by atoms with Crippen LogP contribution in [-0.2, 0) is 4.74 Å². The van der Waals surface area contributed by atoms with Crippen molar-refractivity contribution in [1.82, 2.24) is 23.4 Å². The Morgan fingerprint density at radius 2 is 2.23 bits per heavy atom. The molecule has 0 radical (unpaired) electrons. The first-order valence-corrected chi connectivity index (χ1v) is 8.30. The van der Waals surface area contributed by atoms with E-state index in [-0.39, 0.29) is 12.1 Å². The van der Waals surface area contributed by atoms with Gasteiger partial charge >= 0.3 is 6.03 Å². The summed E-state index contributed by atoms with van der Waals surface area (Å²) in [5, 5.41) is 2.77. The van der Waals surface area contributed by atoms with Crippen molar-refractivity contribution in [2.75, 3.05) is 64.8 Å². The molecule has 0 aliphatic carbocycles. The summed E-state index contributed by atoms with van der Waals surface area (Å²) in [5.74, 6) is 0.511. The molecule has 1 N–H and O–H groups in total. The number of anilines is 1. The Balaban J connectivity index is 1.47. The Morgan fingerprint density at radius 1 is 1.41 bits per heavy atom. The number of hydrogen-bond donors (Lipinski definition) is 1. The van der Waals surface area contributed by atoms with E-state index < -0.39 is 0 Å². The van der Waals surface area contributed by atoms with Crippen molar-refractivity contribution >= 4 is 23.6 Å². The summed E-state index contributed by atoms with van der Waals surface area (Å²) >= 11 is 1.08. The molecule has 8 nitrogen and oxygen atoms in total.